The molecule has 0 unspecified atom stereocenters. The first-order chi connectivity index (χ1) is 16.5. The summed E-state index contributed by atoms with van der Waals surface area (Å²) in [5, 5.41) is 18.4. The van der Waals surface area contributed by atoms with Gasteiger partial charge < -0.3 is 4.74 Å². The van der Waals surface area contributed by atoms with Gasteiger partial charge in [-0.3, -0.25) is 4.79 Å². The van der Waals surface area contributed by atoms with Crippen molar-refractivity contribution in [1.29, 1.82) is 10.5 Å². The second-order valence-corrected chi connectivity index (χ2v) is 9.30. The third-order valence-electron chi connectivity index (χ3n) is 4.57. The molecule has 0 radical (unpaired) electrons. The van der Waals surface area contributed by atoms with Gasteiger partial charge in [0.2, 0.25) is 0 Å². The number of carbonyl (C=O) groups excluding carboxylic acids is 1. The van der Waals surface area contributed by atoms with E-state index in [2.05, 4.69) is 0 Å². The summed E-state index contributed by atoms with van der Waals surface area (Å²) >= 11 is 0. The molecule has 13 heteroatoms. The highest BCUT2D eigenvalue weighted by atomic mass is 32.2. The fraction of sp³-hybridized carbons (Fsp3) is 0.348. The van der Waals surface area contributed by atoms with Crippen LogP contribution in [0.3, 0.4) is 0 Å². The molecule has 0 fully saturated rings. The molecular weight excluding hydrogens is 514 g/mol. The number of carbonyl (C=O) groups is 1. The molecule has 0 aromatic heterocycles. The van der Waals surface area contributed by atoms with Crippen LogP contribution in [0.2, 0.25) is 0 Å². The minimum atomic E-state index is -5.62. The highest BCUT2D eigenvalue weighted by Gasteiger charge is 2.46. The van der Waals surface area contributed by atoms with Crippen LogP contribution in [0.4, 0.5) is 26.3 Å². The largest absolute Gasteiger partial charge is 0.501 e. The van der Waals surface area contributed by atoms with Crippen molar-refractivity contribution in [3.05, 3.63) is 59.2 Å². The van der Waals surface area contributed by atoms with Crippen LogP contribution in [0.1, 0.15) is 48.7 Å². The second-order valence-electron chi connectivity index (χ2n) is 7.36. The normalized spacial score (nSPS) is 13.3. The van der Waals surface area contributed by atoms with E-state index >= 15 is 0 Å². The summed E-state index contributed by atoms with van der Waals surface area (Å²) in [5.74, 6) is -1.51. The molecule has 194 valence electrons. The van der Waals surface area contributed by atoms with Crippen molar-refractivity contribution in [2.75, 3.05) is 6.61 Å². The fourth-order valence-electron chi connectivity index (χ4n) is 2.72. The molecule has 0 saturated carbocycles. The molecule has 1 atom stereocenters. The van der Waals surface area contributed by atoms with E-state index in [4.69, 9.17) is 10.00 Å². The summed E-state index contributed by atoms with van der Waals surface area (Å²) < 4.78 is 105. The average Bonchev–Trinajstić information content (AvgIpc) is 2.82. The van der Waals surface area contributed by atoms with Gasteiger partial charge in [-0.15, -0.1) is 0 Å². The van der Waals surface area contributed by atoms with Gasteiger partial charge in [0.05, 0.1) is 33.6 Å². The van der Waals surface area contributed by atoms with E-state index in [1.54, 1.807) is 12.1 Å². The van der Waals surface area contributed by atoms with Gasteiger partial charge >= 0.3 is 11.7 Å². The average molecular weight is 534 g/mol. The minimum absolute atomic E-state index is 0.133. The van der Waals surface area contributed by atoms with Crippen molar-refractivity contribution in [3.8, 4) is 17.9 Å². The van der Waals surface area contributed by atoms with Crippen LogP contribution in [0.5, 0.6) is 5.75 Å². The van der Waals surface area contributed by atoms with Gasteiger partial charge in [-0.05, 0) is 37.3 Å². The first kappa shape index (κ1) is 30.5. The number of alkyl halides is 6. The molecule has 2 aromatic carbocycles. The Morgan fingerprint density at radius 2 is 1.53 bits per heavy atom. The lowest BCUT2D eigenvalue weighted by Crippen LogP contribution is -2.27. The lowest BCUT2D eigenvalue weighted by molar-refractivity contribution is -0.139. The molecule has 2 rings (SSSR count). The highest BCUT2D eigenvalue weighted by molar-refractivity contribution is 7.92. The number of hydrogen-bond donors (Lipinski definition) is 0. The highest BCUT2D eigenvalue weighted by Crippen LogP contribution is 2.38. The first-order valence-electron chi connectivity index (χ1n) is 10.1. The molecule has 0 spiro atoms. The molecule has 2 aromatic rings. The van der Waals surface area contributed by atoms with Crippen LogP contribution in [0, 0.1) is 28.1 Å². The predicted molar refractivity (Wildman–Crippen MR) is 115 cm³/mol. The van der Waals surface area contributed by atoms with Gasteiger partial charge in [0, 0.05) is 12.0 Å². The molecule has 0 aliphatic carbocycles. The molecule has 0 saturated heterocycles. The lowest BCUT2D eigenvalue weighted by Gasteiger charge is -2.23. The number of ether oxygens (including phenoxy) is 1. The van der Waals surface area contributed by atoms with Gasteiger partial charge in [-0.1, -0.05) is 26.0 Å². The monoisotopic (exact) mass is 534 g/mol. The zero-order chi connectivity index (χ0) is 27.9. The molecule has 0 N–H and O–H groups in total. The van der Waals surface area contributed by atoms with Crippen molar-refractivity contribution in [1.82, 2.24) is 0 Å². The van der Waals surface area contributed by atoms with Crippen LogP contribution in [-0.2, 0) is 16.0 Å². The van der Waals surface area contributed by atoms with E-state index in [0.717, 1.165) is 24.3 Å². The van der Waals surface area contributed by atoms with E-state index in [1.807, 2.05) is 13.8 Å². The molecule has 0 aliphatic heterocycles. The number of hydrogen-bond acceptors (Lipinski definition) is 6. The van der Waals surface area contributed by atoms with Gasteiger partial charge in [0.25, 0.3) is 9.84 Å². The van der Waals surface area contributed by atoms with Crippen molar-refractivity contribution in [3.63, 3.8) is 0 Å². The SMILES string of the molecule is CC.C[C@](C#N)(COc1cc(C#N)ccc1C(F)(F)F)CC(=O)c1ccc(S(=O)(=O)C(F)(F)F)cc1. The lowest BCUT2D eigenvalue weighted by atomic mass is 9.85. The topological polar surface area (TPSA) is 108 Å². The molecule has 0 amide bonds. The Labute approximate surface area is 203 Å². The van der Waals surface area contributed by atoms with Crippen molar-refractivity contribution < 1.29 is 44.3 Å². The summed E-state index contributed by atoms with van der Waals surface area (Å²) in [6.45, 7) is 4.53. The molecule has 0 heterocycles. The zero-order valence-corrected chi connectivity index (χ0v) is 20.0. The number of halogens is 6. The molecule has 0 aliphatic rings. The number of sulfone groups is 1. The van der Waals surface area contributed by atoms with Crippen molar-refractivity contribution >= 4 is 15.6 Å². The maximum Gasteiger partial charge on any atom is 0.501 e. The smallest absolute Gasteiger partial charge is 0.491 e. The summed E-state index contributed by atoms with van der Waals surface area (Å²) in [5.41, 5.74) is -8.75. The minimum Gasteiger partial charge on any atom is -0.491 e. The number of ketones is 1. The van der Waals surface area contributed by atoms with Crippen LogP contribution >= 0.6 is 0 Å². The Bertz CT molecular complexity index is 1270. The van der Waals surface area contributed by atoms with E-state index in [9.17, 15) is 44.8 Å². The number of nitriles is 2. The Hall–Kier alpha value is -3.58. The Kier molecular flexibility index (Phi) is 9.67. The summed E-state index contributed by atoms with van der Waals surface area (Å²) in [4.78, 5) is 11.4. The number of benzene rings is 2. The van der Waals surface area contributed by atoms with Crippen LogP contribution in [-0.4, -0.2) is 26.3 Å². The Morgan fingerprint density at radius 3 is 1.97 bits per heavy atom. The standard InChI is InChI=1S/C21H14F6N2O4S.C2H6/c1-19(11-29,12-33-18-8-13(10-28)2-7-16(18)20(22,23)24)9-17(30)14-3-5-15(6-4-14)34(31,32)21(25,26)27;1-2/h2-8H,9,12H2,1H3;1-2H3/t19-;/m0./s1. The van der Waals surface area contributed by atoms with Crippen LogP contribution in [0.15, 0.2) is 47.4 Å². The first-order valence-corrected chi connectivity index (χ1v) is 11.6. The fourth-order valence-corrected chi connectivity index (χ4v) is 3.48. The maximum absolute atomic E-state index is 13.2. The summed E-state index contributed by atoms with van der Waals surface area (Å²) in [7, 11) is -5.62. The van der Waals surface area contributed by atoms with E-state index in [0.29, 0.717) is 18.2 Å². The zero-order valence-electron chi connectivity index (χ0n) is 19.2. The predicted octanol–water partition coefficient (Wildman–Crippen LogP) is 6.08. The van der Waals surface area contributed by atoms with Crippen molar-refractivity contribution in [2.45, 2.75) is 43.8 Å². The Morgan fingerprint density at radius 1 is 0.972 bits per heavy atom. The van der Waals surface area contributed by atoms with Gasteiger partial charge in [-0.25, -0.2) is 8.42 Å². The van der Waals surface area contributed by atoms with Crippen LogP contribution in [0.25, 0.3) is 0 Å². The third-order valence-corrected chi connectivity index (χ3v) is 6.08. The molecular formula is C23H20F6N2O4S. The van der Waals surface area contributed by atoms with E-state index in [-0.39, 0.29) is 11.1 Å². The summed E-state index contributed by atoms with van der Waals surface area (Å²) in [6.07, 6.45) is -5.42. The Balaban J connectivity index is 0.00000316. The van der Waals surface area contributed by atoms with Gasteiger partial charge in [-0.2, -0.15) is 36.9 Å². The van der Waals surface area contributed by atoms with E-state index in [1.165, 1.54) is 6.92 Å². The maximum atomic E-state index is 13.2. The van der Waals surface area contributed by atoms with Crippen LogP contribution < -0.4 is 4.74 Å². The van der Waals surface area contributed by atoms with E-state index < -0.39 is 62.0 Å². The second kappa shape index (κ2) is 11.4. The quantitative estimate of drug-likeness (QED) is 0.315. The number of nitrogens with zero attached hydrogens (tertiary/aromatic N) is 2. The molecule has 0 bridgehead atoms. The number of rotatable bonds is 7. The molecule has 6 nitrogen and oxygen atoms in total. The third kappa shape index (κ3) is 7.21. The number of Topliss-reactive ketones (excluding diaryl/α,β-unsaturated/α-hetero) is 1. The molecule has 36 heavy (non-hydrogen) atoms. The van der Waals surface area contributed by atoms with Crippen molar-refractivity contribution in [2.24, 2.45) is 5.41 Å². The van der Waals surface area contributed by atoms with Gasteiger partial charge in [0.1, 0.15) is 12.4 Å². The summed E-state index contributed by atoms with van der Waals surface area (Å²) in [6, 6.07) is 8.65. The van der Waals surface area contributed by atoms with Gasteiger partial charge in [0.15, 0.2) is 5.78 Å².